The average molecular weight is 397 g/mol. The molecule has 1 aliphatic carbocycles. The number of hydrogen-bond acceptors (Lipinski definition) is 4. The molecule has 5 nitrogen and oxygen atoms in total. The van der Waals surface area contributed by atoms with E-state index >= 15 is 0 Å². The number of aromatic nitrogens is 3. The lowest BCUT2D eigenvalue weighted by Crippen LogP contribution is -2.22. The van der Waals surface area contributed by atoms with Crippen LogP contribution in [0.4, 0.5) is 0 Å². The van der Waals surface area contributed by atoms with E-state index in [2.05, 4.69) is 60.7 Å². The molecule has 1 aliphatic rings. The quantitative estimate of drug-likeness (QED) is 0.519. The van der Waals surface area contributed by atoms with Crippen molar-refractivity contribution in [3.63, 3.8) is 0 Å². The van der Waals surface area contributed by atoms with Crippen molar-refractivity contribution in [2.24, 2.45) is 0 Å². The molecule has 0 spiro atoms. The van der Waals surface area contributed by atoms with Gasteiger partial charge in [-0.3, -0.25) is 4.90 Å². The summed E-state index contributed by atoms with van der Waals surface area (Å²) in [5.74, 6) is 2.38. The minimum atomic E-state index is 0.381. The largest absolute Gasteiger partial charge is 0.497 e. The van der Waals surface area contributed by atoms with Crippen molar-refractivity contribution in [2.45, 2.75) is 51.9 Å². The Morgan fingerprint density at radius 2 is 1.89 bits per heavy atom. The monoisotopic (exact) mass is 396 g/mol. The van der Waals surface area contributed by atoms with Crippen LogP contribution in [0.25, 0.3) is 10.8 Å². The minimum Gasteiger partial charge on any atom is -0.497 e. The fourth-order valence-corrected chi connectivity index (χ4v) is 4.03. The molecule has 0 unspecified atom stereocenters. The summed E-state index contributed by atoms with van der Waals surface area (Å²) in [6, 6.07) is 13.3. The first-order valence-corrected chi connectivity index (χ1v) is 10.3. The first-order valence-electron chi connectivity index (χ1n) is 9.90. The molecule has 0 atom stereocenters. The molecule has 4 rings (SSSR count). The molecule has 0 saturated heterocycles. The van der Waals surface area contributed by atoms with E-state index in [0.29, 0.717) is 18.6 Å². The van der Waals surface area contributed by atoms with Crippen LogP contribution in [0.1, 0.15) is 50.0 Å². The number of hydrogen-bond donors (Lipinski definition) is 0. The van der Waals surface area contributed by atoms with E-state index in [-0.39, 0.29) is 0 Å². The number of methoxy groups -OCH3 is 1. The molecule has 6 heteroatoms. The molecule has 1 aromatic heterocycles. The topological polar surface area (TPSA) is 35.2 Å². The van der Waals surface area contributed by atoms with Crippen LogP contribution in [0, 0.1) is 4.77 Å². The number of fused-ring (bicyclic) bond motifs is 1. The number of benzene rings is 2. The van der Waals surface area contributed by atoms with Crippen LogP contribution in [0.15, 0.2) is 36.4 Å². The van der Waals surface area contributed by atoms with Crippen molar-refractivity contribution in [3.8, 4) is 5.75 Å². The van der Waals surface area contributed by atoms with E-state index in [1.807, 2.05) is 10.7 Å². The third-order valence-corrected chi connectivity index (χ3v) is 5.67. The van der Waals surface area contributed by atoms with Gasteiger partial charge in [0, 0.05) is 18.5 Å². The van der Waals surface area contributed by atoms with Crippen LogP contribution in [0.3, 0.4) is 0 Å². The molecule has 0 aliphatic heterocycles. The van der Waals surface area contributed by atoms with Gasteiger partial charge in [-0.1, -0.05) is 32.0 Å². The van der Waals surface area contributed by atoms with Gasteiger partial charge < -0.3 is 9.30 Å². The fourth-order valence-electron chi connectivity index (χ4n) is 3.69. The van der Waals surface area contributed by atoms with Gasteiger partial charge in [-0.15, -0.1) is 0 Å². The molecule has 1 heterocycles. The van der Waals surface area contributed by atoms with Crippen molar-refractivity contribution >= 4 is 23.0 Å². The summed E-state index contributed by atoms with van der Waals surface area (Å²) in [7, 11) is 3.82. The van der Waals surface area contributed by atoms with Crippen molar-refractivity contribution in [1.82, 2.24) is 19.2 Å². The number of rotatable bonds is 7. The molecule has 148 valence electrons. The van der Waals surface area contributed by atoms with Crippen LogP contribution in [-0.2, 0) is 13.2 Å². The van der Waals surface area contributed by atoms with Crippen molar-refractivity contribution in [1.29, 1.82) is 0 Å². The van der Waals surface area contributed by atoms with Gasteiger partial charge >= 0.3 is 0 Å². The van der Waals surface area contributed by atoms with Crippen molar-refractivity contribution < 1.29 is 4.74 Å². The van der Waals surface area contributed by atoms with E-state index in [9.17, 15) is 0 Å². The second-order valence-electron chi connectivity index (χ2n) is 8.10. The van der Waals surface area contributed by atoms with Gasteiger partial charge in [-0.25, -0.2) is 4.68 Å². The highest BCUT2D eigenvalue weighted by Gasteiger charge is 2.29. The van der Waals surface area contributed by atoms with Crippen LogP contribution >= 0.6 is 12.2 Å². The summed E-state index contributed by atoms with van der Waals surface area (Å²) in [4.78, 5) is 2.26. The van der Waals surface area contributed by atoms with Crippen molar-refractivity contribution in [3.05, 3.63) is 52.6 Å². The molecule has 0 N–H and O–H groups in total. The van der Waals surface area contributed by atoms with Gasteiger partial charge in [0.1, 0.15) is 11.6 Å². The summed E-state index contributed by atoms with van der Waals surface area (Å²) < 4.78 is 10.4. The number of ether oxygens (including phenoxy) is 1. The lowest BCUT2D eigenvalue weighted by molar-refractivity contribution is 0.243. The molecular weight excluding hydrogens is 368 g/mol. The maximum atomic E-state index is 5.74. The van der Waals surface area contributed by atoms with E-state index in [4.69, 9.17) is 22.1 Å². The Morgan fingerprint density at radius 1 is 1.18 bits per heavy atom. The molecule has 1 fully saturated rings. The average Bonchev–Trinajstić information content (AvgIpc) is 3.46. The Labute approximate surface area is 171 Å². The van der Waals surface area contributed by atoms with E-state index < -0.39 is 0 Å². The Bertz CT molecular complexity index is 1050. The molecule has 28 heavy (non-hydrogen) atoms. The van der Waals surface area contributed by atoms with Gasteiger partial charge in [0.2, 0.25) is 0 Å². The van der Waals surface area contributed by atoms with Gasteiger partial charge in [-0.2, -0.15) is 5.10 Å². The van der Waals surface area contributed by atoms with Crippen LogP contribution in [0.2, 0.25) is 0 Å². The summed E-state index contributed by atoms with van der Waals surface area (Å²) >= 11 is 5.74. The van der Waals surface area contributed by atoms with E-state index in [1.165, 1.54) is 29.2 Å². The third-order valence-electron chi connectivity index (χ3n) is 5.26. The first-order chi connectivity index (χ1) is 13.5. The molecule has 0 amide bonds. The zero-order valence-corrected chi connectivity index (χ0v) is 17.9. The normalized spacial score (nSPS) is 14.4. The summed E-state index contributed by atoms with van der Waals surface area (Å²) in [6.07, 6.45) is 2.44. The maximum Gasteiger partial charge on any atom is 0.199 e. The SMILES string of the molecule is COc1ccc2cc(CN(C)Cn3nc(C(C)C)n(C4CC4)c3=S)ccc2c1. The zero-order valence-electron chi connectivity index (χ0n) is 17.1. The second-order valence-corrected chi connectivity index (χ2v) is 8.46. The first kappa shape index (κ1) is 19.2. The van der Waals surface area contributed by atoms with Crippen LogP contribution < -0.4 is 4.74 Å². The highest BCUT2D eigenvalue weighted by Crippen LogP contribution is 2.37. The van der Waals surface area contributed by atoms with E-state index in [0.717, 1.165) is 22.9 Å². The summed E-state index contributed by atoms with van der Waals surface area (Å²) in [5.41, 5.74) is 1.28. The zero-order chi connectivity index (χ0) is 19.8. The Balaban J connectivity index is 1.51. The third kappa shape index (κ3) is 3.84. The van der Waals surface area contributed by atoms with Gasteiger partial charge in [-0.05, 0) is 66.6 Å². The standard InChI is InChI=1S/C22H28N4OS/c1-15(2)21-23-25(22(28)26(21)19-8-9-19)14-24(3)13-16-5-6-18-12-20(27-4)10-7-17(18)11-16/h5-7,10-12,15,19H,8-9,13-14H2,1-4H3. The van der Waals surface area contributed by atoms with Crippen LogP contribution in [0.5, 0.6) is 5.75 Å². The van der Waals surface area contributed by atoms with Gasteiger partial charge in [0.05, 0.1) is 13.8 Å². The Morgan fingerprint density at radius 3 is 2.57 bits per heavy atom. The van der Waals surface area contributed by atoms with Crippen molar-refractivity contribution in [2.75, 3.05) is 14.2 Å². The highest BCUT2D eigenvalue weighted by molar-refractivity contribution is 7.71. The maximum absolute atomic E-state index is 5.74. The Kier molecular flexibility index (Phi) is 5.25. The second kappa shape index (κ2) is 7.68. The summed E-state index contributed by atoms with van der Waals surface area (Å²) in [6.45, 7) is 5.91. The highest BCUT2D eigenvalue weighted by atomic mass is 32.1. The lowest BCUT2D eigenvalue weighted by Gasteiger charge is -2.17. The summed E-state index contributed by atoms with van der Waals surface area (Å²) in [5, 5.41) is 7.26. The lowest BCUT2D eigenvalue weighted by atomic mass is 10.1. The molecule has 0 bridgehead atoms. The predicted octanol–water partition coefficient (Wildman–Crippen LogP) is 5.12. The molecule has 1 saturated carbocycles. The predicted molar refractivity (Wildman–Crippen MR) is 115 cm³/mol. The van der Waals surface area contributed by atoms with Crippen LogP contribution in [-0.4, -0.2) is 33.4 Å². The van der Waals surface area contributed by atoms with Gasteiger partial charge in [0.25, 0.3) is 0 Å². The molecule has 0 radical (unpaired) electrons. The van der Waals surface area contributed by atoms with E-state index in [1.54, 1.807) is 7.11 Å². The molecule has 3 aromatic rings. The smallest absolute Gasteiger partial charge is 0.199 e. The fraction of sp³-hybridized carbons (Fsp3) is 0.455. The Hall–Kier alpha value is -2.18. The molecule has 2 aromatic carbocycles. The van der Waals surface area contributed by atoms with Gasteiger partial charge in [0.15, 0.2) is 4.77 Å². The minimum absolute atomic E-state index is 0.381. The molecular formula is C22H28N4OS. The number of nitrogens with zero attached hydrogens (tertiary/aromatic N) is 4.